The molecule has 8 rings (SSSR count). The summed E-state index contributed by atoms with van der Waals surface area (Å²) in [6.07, 6.45) is 13.0. The third kappa shape index (κ3) is 4.69. The van der Waals surface area contributed by atoms with Gasteiger partial charge in [-0.3, -0.25) is 0 Å². The molecule has 4 nitrogen and oxygen atoms in total. The maximum atomic E-state index is 6.48. The fourth-order valence-electron chi connectivity index (χ4n) is 8.03. The number of hydrogen-bond acceptors (Lipinski definition) is 4. The molecule has 4 aliphatic rings. The Morgan fingerprint density at radius 2 is 0.905 bits per heavy atom. The molecule has 0 spiro atoms. The van der Waals surface area contributed by atoms with Crippen LogP contribution in [0.15, 0.2) is 82.8 Å². The second kappa shape index (κ2) is 11.2. The number of aliphatic imine (C=N–C) groups is 2. The smallest absolute Gasteiger partial charge is 0.217 e. The van der Waals surface area contributed by atoms with Crippen molar-refractivity contribution in [1.82, 2.24) is 0 Å². The molecule has 2 fully saturated rings. The van der Waals surface area contributed by atoms with E-state index >= 15 is 0 Å². The Balaban J connectivity index is 1.31. The fraction of sp³-hybridized carbons (Fsp3) is 0.421. The van der Waals surface area contributed by atoms with E-state index in [1.54, 1.807) is 0 Å². The SMILES string of the molecule is c1ccc2c(-c3c(C4=N[C@@H](C5CCCCC5)CO4)ccc4ccccc34)c(C3=N[C@@H](C4CCCCC4)CO3)ccc2c1. The van der Waals surface area contributed by atoms with Crippen molar-refractivity contribution in [3.8, 4) is 11.1 Å². The second-order valence-electron chi connectivity index (χ2n) is 12.8. The molecule has 2 aliphatic heterocycles. The van der Waals surface area contributed by atoms with Gasteiger partial charge in [-0.25, -0.2) is 9.98 Å². The van der Waals surface area contributed by atoms with E-state index in [1.807, 2.05) is 0 Å². The molecule has 0 amide bonds. The predicted molar refractivity (Wildman–Crippen MR) is 173 cm³/mol. The van der Waals surface area contributed by atoms with Crippen LogP contribution in [0.5, 0.6) is 0 Å². The summed E-state index contributed by atoms with van der Waals surface area (Å²) >= 11 is 0. The molecule has 2 saturated carbocycles. The van der Waals surface area contributed by atoms with Crippen molar-refractivity contribution in [3.05, 3.63) is 83.9 Å². The van der Waals surface area contributed by atoms with Gasteiger partial charge in [0, 0.05) is 22.3 Å². The lowest BCUT2D eigenvalue weighted by Gasteiger charge is -2.24. The molecule has 0 bridgehead atoms. The Hall–Kier alpha value is -3.66. The average Bonchev–Trinajstić information content (AvgIpc) is 3.76. The summed E-state index contributed by atoms with van der Waals surface area (Å²) < 4.78 is 13.0. The third-order valence-corrected chi connectivity index (χ3v) is 10.3. The third-order valence-electron chi connectivity index (χ3n) is 10.3. The van der Waals surface area contributed by atoms with Crippen LogP contribution < -0.4 is 0 Å². The van der Waals surface area contributed by atoms with Crippen LogP contribution in [0.3, 0.4) is 0 Å². The minimum absolute atomic E-state index is 0.255. The van der Waals surface area contributed by atoms with E-state index in [0.717, 1.165) is 22.9 Å². The van der Waals surface area contributed by atoms with E-state index in [9.17, 15) is 0 Å². The van der Waals surface area contributed by atoms with Gasteiger partial charge in [0.1, 0.15) is 13.2 Å². The van der Waals surface area contributed by atoms with Crippen LogP contribution in [-0.4, -0.2) is 37.1 Å². The summed E-state index contributed by atoms with van der Waals surface area (Å²) in [5.41, 5.74) is 4.50. The molecule has 0 unspecified atom stereocenters. The Morgan fingerprint density at radius 1 is 0.476 bits per heavy atom. The van der Waals surface area contributed by atoms with Crippen LogP contribution in [0.1, 0.15) is 75.3 Å². The van der Waals surface area contributed by atoms with Crippen molar-refractivity contribution < 1.29 is 9.47 Å². The van der Waals surface area contributed by atoms with Gasteiger partial charge in [0.2, 0.25) is 11.8 Å². The molecule has 0 N–H and O–H groups in total. The van der Waals surface area contributed by atoms with Crippen molar-refractivity contribution in [2.24, 2.45) is 21.8 Å². The van der Waals surface area contributed by atoms with E-state index in [-0.39, 0.29) is 12.1 Å². The lowest BCUT2D eigenvalue weighted by Crippen LogP contribution is -2.22. The highest BCUT2D eigenvalue weighted by atomic mass is 16.5. The van der Waals surface area contributed by atoms with Gasteiger partial charge in [0.05, 0.1) is 12.1 Å². The molecule has 0 aromatic heterocycles. The first-order valence-corrected chi connectivity index (χ1v) is 16.3. The first kappa shape index (κ1) is 26.0. The predicted octanol–water partition coefficient (Wildman–Crippen LogP) is 9.11. The van der Waals surface area contributed by atoms with E-state index in [2.05, 4.69) is 72.8 Å². The van der Waals surface area contributed by atoms with Crippen LogP contribution in [-0.2, 0) is 9.47 Å². The molecule has 0 radical (unpaired) electrons. The second-order valence-corrected chi connectivity index (χ2v) is 12.8. The Kier molecular flexibility index (Phi) is 6.94. The van der Waals surface area contributed by atoms with E-state index in [4.69, 9.17) is 19.5 Å². The van der Waals surface area contributed by atoms with Crippen LogP contribution in [0.25, 0.3) is 32.7 Å². The first-order valence-electron chi connectivity index (χ1n) is 16.3. The summed E-state index contributed by atoms with van der Waals surface area (Å²) in [5.74, 6) is 2.84. The molecule has 2 atom stereocenters. The standard InChI is InChI=1S/C38H40N2O2/c1-3-13-27(14-4-1)33-23-41-37(39-33)31-21-19-25-11-7-9-17-29(25)35(31)36-30-18-10-8-12-26(30)20-22-32(36)38-40-34(24-42-38)28-15-5-2-6-16-28/h7-12,17-22,27-28,33-34H,1-6,13-16,23-24H2/t33-,34-/m1/s1. The molecular formula is C38H40N2O2. The summed E-state index contributed by atoms with van der Waals surface area (Å²) in [4.78, 5) is 10.6. The topological polar surface area (TPSA) is 43.2 Å². The lowest BCUT2D eigenvalue weighted by molar-refractivity contribution is 0.240. The zero-order valence-electron chi connectivity index (χ0n) is 24.4. The van der Waals surface area contributed by atoms with Crippen LogP contribution in [0.4, 0.5) is 0 Å². The van der Waals surface area contributed by atoms with Crippen molar-refractivity contribution in [2.75, 3.05) is 13.2 Å². The molecule has 2 heterocycles. The number of nitrogens with zero attached hydrogens (tertiary/aromatic N) is 2. The van der Waals surface area contributed by atoms with E-state index in [1.165, 1.54) is 96.9 Å². The van der Waals surface area contributed by atoms with Crippen LogP contribution in [0, 0.1) is 11.8 Å². The Bertz CT molecular complexity index is 1550. The van der Waals surface area contributed by atoms with Crippen molar-refractivity contribution in [1.29, 1.82) is 0 Å². The van der Waals surface area contributed by atoms with Crippen molar-refractivity contribution in [3.63, 3.8) is 0 Å². The fourth-order valence-corrected chi connectivity index (χ4v) is 8.03. The largest absolute Gasteiger partial charge is 0.475 e. The molecule has 42 heavy (non-hydrogen) atoms. The first-order chi connectivity index (χ1) is 20.8. The Morgan fingerprint density at radius 3 is 1.36 bits per heavy atom. The van der Waals surface area contributed by atoms with E-state index in [0.29, 0.717) is 25.0 Å². The summed E-state index contributed by atoms with van der Waals surface area (Å²) in [6, 6.07) is 26.9. The minimum atomic E-state index is 0.255. The average molecular weight is 557 g/mol. The van der Waals surface area contributed by atoms with Gasteiger partial charge in [-0.05, 0) is 71.2 Å². The number of benzene rings is 4. The van der Waals surface area contributed by atoms with Gasteiger partial charge in [-0.15, -0.1) is 0 Å². The van der Waals surface area contributed by atoms with Crippen molar-refractivity contribution in [2.45, 2.75) is 76.3 Å². The normalized spacial score (nSPS) is 23.5. The monoisotopic (exact) mass is 556 g/mol. The van der Waals surface area contributed by atoms with E-state index < -0.39 is 0 Å². The van der Waals surface area contributed by atoms with Crippen molar-refractivity contribution >= 4 is 33.3 Å². The van der Waals surface area contributed by atoms with Gasteiger partial charge in [0.15, 0.2) is 0 Å². The van der Waals surface area contributed by atoms with Gasteiger partial charge in [-0.1, -0.05) is 99.2 Å². The number of ether oxygens (including phenoxy) is 2. The Labute approximate surface area is 248 Å². The highest BCUT2D eigenvalue weighted by Gasteiger charge is 2.33. The molecule has 4 heteroatoms. The van der Waals surface area contributed by atoms with Gasteiger partial charge in [0.25, 0.3) is 0 Å². The minimum Gasteiger partial charge on any atom is -0.475 e. The molecule has 4 aromatic carbocycles. The molecule has 214 valence electrons. The zero-order valence-corrected chi connectivity index (χ0v) is 24.4. The zero-order chi connectivity index (χ0) is 27.9. The summed E-state index contributed by atoms with van der Waals surface area (Å²) in [6.45, 7) is 1.38. The van der Waals surface area contributed by atoms with Crippen LogP contribution >= 0.6 is 0 Å². The molecule has 0 saturated heterocycles. The lowest BCUT2D eigenvalue weighted by atomic mass is 9.84. The maximum absolute atomic E-state index is 6.48. The number of hydrogen-bond donors (Lipinski definition) is 0. The van der Waals surface area contributed by atoms with Gasteiger partial charge in [-0.2, -0.15) is 0 Å². The highest BCUT2D eigenvalue weighted by molar-refractivity contribution is 6.19. The summed E-state index contributed by atoms with van der Waals surface area (Å²) in [7, 11) is 0. The van der Waals surface area contributed by atoms with Gasteiger partial charge >= 0.3 is 0 Å². The van der Waals surface area contributed by atoms with Gasteiger partial charge < -0.3 is 9.47 Å². The van der Waals surface area contributed by atoms with Crippen LogP contribution in [0.2, 0.25) is 0 Å². The number of fused-ring (bicyclic) bond motifs is 2. The maximum Gasteiger partial charge on any atom is 0.217 e. The summed E-state index contributed by atoms with van der Waals surface area (Å²) in [5, 5.41) is 4.85. The molecular weight excluding hydrogens is 516 g/mol. The molecule has 4 aromatic rings. The quantitative estimate of drug-likeness (QED) is 0.246. The molecule has 2 aliphatic carbocycles. The highest BCUT2D eigenvalue weighted by Crippen LogP contribution is 2.42. The number of rotatable bonds is 5.